The second-order valence-electron chi connectivity index (χ2n) is 8.45. The molecule has 0 aliphatic carbocycles. The predicted octanol–water partition coefficient (Wildman–Crippen LogP) is 2.22. The first-order valence-electron chi connectivity index (χ1n) is 12.0. The molecule has 3 atom stereocenters. The van der Waals surface area contributed by atoms with Gasteiger partial charge in [-0.15, -0.1) is 0 Å². The number of carbonyl (C=O) groups excluding carboxylic acids is 4. The molecule has 0 aromatic heterocycles. The van der Waals surface area contributed by atoms with E-state index in [0.29, 0.717) is 26.1 Å². The first-order valence-corrected chi connectivity index (χ1v) is 12.0. The highest BCUT2D eigenvalue weighted by atomic mass is 16.5. The molecule has 0 rings (SSSR count). The zero-order valence-corrected chi connectivity index (χ0v) is 21.8. The van der Waals surface area contributed by atoms with Crippen LogP contribution >= 0.6 is 0 Å². The van der Waals surface area contributed by atoms with Gasteiger partial charge in [0.05, 0.1) is 52.0 Å². The summed E-state index contributed by atoms with van der Waals surface area (Å²) in [4.78, 5) is 47.4. The lowest BCUT2D eigenvalue weighted by Crippen LogP contribution is -2.38. The van der Waals surface area contributed by atoms with Gasteiger partial charge < -0.3 is 29.6 Å². The van der Waals surface area contributed by atoms with Crippen LogP contribution in [0.1, 0.15) is 60.3 Å². The minimum atomic E-state index is -0.568. The third kappa shape index (κ3) is 16.5. The molecule has 10 heteroatoms. The second kappa shape index (κ2) is 18.6. The van der Waals surface area contributed by atoms with E-state index < -0.39 is 11.9 Å². The van der Waals surface area contributed by atoms with E-state index in [1.165, 1.54) is 0 Å². The predicted molar refractivity (Wildman–Crippen MR) is 131 cm³/mol. The van der Waals surface area contributed by atoms with Crippen LogP contribution in [0.15, 0.2) is 24.3 Å². The maximum Gasteiger partial charge on any atom is 0.333 e. The molecule has 0 saturated carbocycles. The van der Waals surface area contributed by atoms with Crippen molar-refractivity contribution in [3.8, 4) is 0 Å². The Morgan fingerprint density at radius 3 is 1.57 bits per heavy atom. The van der Waals surface area contributed by atoms with Crippen LogP contribution in [0.2, 0.25) is 0 Å². The molecule has 2 amide bonds. The maximum atomic E-state index is 12.0. The third-order valence-corrected chi connectivity index (χ3v) is 4.37. The Morgan fingerprint density at radius 1 is 0.714 bits per heavy atom. The van der Waals surface area contributed by atoms with Gasteiger partial charge in [0, 0.05) is 23.2 Å². The number of esters is 2. The molecule has 0 radical (unpaired) electrons. The van der Waals surface area contributed by atoms with E-state index >= 15 is 0 Å². The Bertz CT molecular complexity index is 722. The number of carbonyl (C=O) groups is 4. The van der Waals surface area contributed by atoms with Crippen molar-refractivity contribution < 1.29 is 38.1 Å². The zero-order valence-electron chi connectivity index (χ0n) is 21.8. The van der Waals surface area contributed by atoms with Crippen molar-refractivity contribution >= 4 is 23.8 Å². The molecule has 0 fully saturated rings. The van der Waals surface area contributed by atoms with Crippen molar-refractivity contribution in [2.75, 3.05) is 33.0 Å². The molecule has 0 aromatic carbocycles. The average molecular weight is 499 g/mol. The summed E-state index contributed by atoms with van der Waals surface area (Å²) < 4.78 is 21.2. The Labute approximate surface area is 208 Å². The van der Waals surface area contributed by atoms with Gasteiger partial charge in [0.15, 0.2) is 0 Å². The Morgan fingerprint density at radius 2 is 1.14 bits per heavy atom. The Balaban J connectivity index is 4.07. The van der Waals surface area contributed by atoms with Crippen molar-refractivity contribution in [2.45, 2.75) is 78.5 Å². The van der Waals surface area contributed by atoms with Crippen LogP contribution in [0, 0.1) is 0 Å². The minimum Gasteiger partial charge on any atom is -0.462 e. The van der Waals surface area contributed by atoms with Crippen molar-refractivity contribution in [2.24, 2.45) is 0 Å². The highest BCUT2D eigenvalue weighted by Gasteiger charge is 2.17. The lowest BCUT2D eigenvalue weighted by Gasteiger charge is -2.20. The van der Waals surface area contributed by atoms with E-state index in [0.717, 1.165) is 0 Å². The van der Waals surface area contributed by atoms with Gasteiger partial charge in [-0.05, 0) is 33.6 Å². The molecule has 0 aliphatic rings. The number of hydrogen-bond acceptors (Lipinski definition) is 8. The van der Waals surface area contributed by atoms with E-state index in [4.69, 9.17) is 18.9 Å². The van der Waals surface area contributed by atoms with E-state index in [1.807, 2.05) is 20.8 Å². The normalized spacial score (nSPS) is 13.2. The van der Waals surface area contributed by atoms with Gasteiger partial charge in [-0.2, -0.15) is 0 Å². The minimum absolute atomic E-state index is 0.104. The van der Waals surface area contributed by atoms with Gasteiger partial charge >= 0.3 is 11.9 Å². The maximum absolute atomic E-state index is 12.0. The van der Waals surface area contributed by atoms with Gasteiger partial charge in [-0.25, -0.2) is 9.59 Å². The molecule has 0 aliphatic heterocycles. The molecule has 0 aromatic rings. The summed E-state index contributed by atoms with van der Waals surface area (Å²) in [6.07, 6.45) is 0.876. The molecular formula is C25H42N2O8. The first-order chi connectivity index (χ1) is 16.5. The van der Waals surface area contributed by atoms with Crippen LogP contribution in [0.3, 0.4) is 0 Å². The number of hydrogen-bond donors (Lipinski definition) is 2. The van der Waals surface area contributed by atoms with Crippen LogP contribution in [-0.4, -0.2) is 75.0 Å². The summed E-state index contributed by atoms with van der Waals surface area (Å²) in [6, 6.07) is -0.552. The molecule has 35 heavy (non-hydrogen) atoms. The van der Waals surface area contributed by atoms with Crippen LogP contribution in [-0.2, 0) is 38.1 Å². The fourth-order valence-corrected chi connectivity index (χ4v) is 2.63. The van der Waals surface area contributed by atoms with E-state index in [1.54, 1.807) is 13.8 Å². The quantitative estimate of drug-likeness (QED) is 0.205. The van der Waals surface area contributed by atoms with Crippen LogP contribution < -0.4 is 10.6 Å². The number of nitrogens with one attached hydrogen (secondary N) is 2. The molecule has 2 N–H and O–H groups in total. The summed E-state index contributed by atoms with van der Waals surface area (Å²) >= 11 is 0. The zero-order chi connectivity index (χ0) is 26.8. The highest BCUT2D eigenvalue weighted by Crippen LogP contribution is 2.04. The lowest BCUT2D eigenvalue weighted by molar-refractivity contribution is -0.140. The Hall–Kier alpha value is -2.72. The number of ether oxygens (including phenoxy) is 4. The molecule has 0 heterocycles. The largest absolute Gasteiger partial charge is 0.462 e. The van der Waals surface area contributed by atoms with Gasteiger partial charge in [0.1, 0.15) is 0 Å². The molecule has 10 nitrogen and oxygen atoms in total. The fourth-order valence-electron chi connectivity index (χ4n) is 2.63. The van der Waals surface area contributed by atoms with E-state index in [-0.39, 0.29) is 73.8 Å². The van der Waals surface area contributed by atoms with Crippen molar-refractivity contribution in [3.05, 3.63) is 24.3 Å². The van der Waals surface area contributed by atoms with Crippen molar-refractivity contribution in [3.63, 3.8) is 0 Å². The first kappa shape index (κ1) is 32.3. The molecular weight excluding hydrogens is 456 g/mol. The molecule has 3 unspecified atom stereocenters. The topological polar surface area (TPSA) is 129 Å². The molecule has 200 valence electrons. The third-order valence-electron chi connectivity index (χ3n) is 4.37. The standard InChI is InChI=1S/C25H42N2O8/c1-8-10-33-24(30)17(3)12-22(28)26-19(5)14-32-16-21(7)35-15-20(6)27-23(29)13-18(4)25(31)34-11-9-2/h19-21H,3-4,8-16H2,1-2,5-7H3,(H,26,28)(H,27,29). The summed E-state index contributed by atoms with van der Waals surface area (Å²) in [5.74, 6) is -1.81. The monoisotopic (exact) mass is 498 g/mol. The van der Waals surface area contributed by atoms with Crippen molar-refractivity contribution in [1.29, 1.82) is 0 Å². The van der Waals surface area contributed by atoms with E-state index in [2.05, 4.69) is 23.8 Å². The van der Waals surface area contributed by atoms with E-state index in [9.17, 15) is 19.2 Å². The fraction of sp³-hybridized carbons (Fsp3) is 0.680. The lowest BCUT2D eigenvalue weighted by atomic mass is 10.2. The summed E-state index contributed by atoms with van der Waals surface area (Å²) in [5, 5.41) is 5.49. The smallest absolute Gasteiger partial charge is 0.333 e. The van der Waals surface area contributed by atoms with Crippen molar-refractivity contribution in [1.82, 2.24) is 10.6 Å². The summed E-state index contributed by atoms with van der Waals surface area (Å²) in [7, 11) is 0. The SMILES string of the molecule is C=C(CC(=O)NC(C)COCC(C)OCC(C)NC(=O)CC(=C)C(=O)OCCC)C(=O)OCCC. The van der Waals surface area contributed by atoms with Gasteiger partial charge in [0.2, 0.25) is 11.8 Å². The second-order valence-corrected chi connectivity index (χ2v) is 8.45. The Kier molecular flexibility index (Phi) is 17.1. The van der Waals surface area contributed by atoms with Gasteiger partial charge in [-0.1, -0.05) is 27.0 Å². The average Bonchev–Trinajstić information content (AvgIpc) is 2.79. The molecule has 0 spiro atoms. The van der Waals surface area contributed by atoms with Crippen LogP contribution in [0.25, 0.3) is 0 Å². The van der Waals surface area contributed by atoms with Gasteiger partial charge in [0.25, 0.3) is 0 Å². The summed E-state index contributed by atoms with van der Waals surface area (Å²) in [5.41, 5.74) is 0.209. The van der Waals surface area contributed by atoms with Crippen LogP contribution in [0.5, 0.6) is 0 Å². The number of rotatable bonds is 19. The number of amides is 2. The summed E-state index contributed by atoms with van der Waals surface area (Å²) in [6.45, 7) is 17.7. The van der Waals surface area contributed by atoms with Crippen LogP contribution in [0.4, 0.5) is 0 Å². The molecule has 0 bridgehead atoms. The van der Waals surface area contributed by atoms with Gasteiger partial charge in [-0.3, -0.25) is 9.59 Å². The highest BCUT2D eigenvalue weighted by molar-refractivity contribution is 5.95. The molecule has 0 saturated heterocycles.